The molecule has 1 heterocycles. The molecule has 98 valence electrons. The van der Waals surface area contributed by atoms with Gasteiger partial charge in [0.2, 0.25) is 0 Å². The van der Waals surface area contributed by atoms with Crippen LogP contribution in [0.5, 0.6) is 0 Å². The van der Waals surface area contributed by atoms with Gasteiger partial charge in [-0.3, -0.25) is 0 Å². The molecule has 3 heteroatoms. The van der Waals surface area contributed by atoms with Gasteiger partial charge >= 0.3 is 0 Å². The lowest BCUT2D eigenvalue weighted by Crippen LogP contribution is -2.26. The minimum Gasteiger partial charge on any atom is -0.396 e. The molecule has 0 saturated carbocycles. The Morgan fingerprint density at radius 1 is 1.24 bits per heavy atom. The zero-order chi connectivity index (χ0) is 13.1. The molecular formula is C14H25NOS. The molecule has 1 rings (SSSR count). The first-order valence-electron chi connectivity index (χ1n) is 6.42. The van der Waals surface area contributed by atoms with Crippen LogP contribution in [0, 0.1) is 5.41 Å². The Balaban J connectivity index is 2.85. The van der Waals surface area contributed by atoms with Crippen molar-refractivity contribution in [3.05, 3.63) is 16.1 Å². The van der Waals surface area contributed by atoms with Crippen LogP contribution < -0.4 is 0 Å². The smallest absolute Gasteiger partial charge is 0.0934 e. The first-order valence-corrected chi connectivity index (χ1v) is 7.30. The lowest BCUT2D eigenvalue weighted by atomic mass is 9.80. The Bertz CT molecular complexity index is 339. The van der Waals surface area contributed by atoms with Crippen LogP contribution in [0.3, 0.4) is 0 Å². The molecule has 0 radical (unpaired) electrons. The van der Waals surface area contributed by atoms with Crippen LogP contribution in [0.1, 0.15) is 58.2 Å². The molecule has 0 aliphatic heterocycles. The minimum atomic E-state index is 0.0208. The predicted molar refractivity (Wildman–Crippen MR) is 74.6 cm³/mol. The molecule has 0 saturated heterocycles. The molecule has 1 aromatic rings. The largest absolute Gasteiger partial charge is 0.396 e. The number of nitrogens with zero attached hydrogens (tertiary/aromatic N) is 1. The van der Waals surface area contributed by atoms with Crippen LogP contribution in [-0.2, 0) is 11.8 Å². The van der Waals surface area contributed by atoms with E-state index in [2.05, 4.69) is 40.0 Å². The molecule has 0 fully saturated rings. The molecule has 0 aliphatic carbocycles. The summed E-state index contributed by atoms with van der Waals surface area (Å²) in [4.78, 5) is 4.72. The third kappa shape index (κ3) is 3.52. The summed E-state index contributed by atoms with van der Waals surface area (Å²) in [6, 6.07) is 0. The van der Waals surface area contributed by atoms with E-state index in [1.807, 2.05) is 0 Å². The van der Waals surface area contributed by atoms with Crippen molar-refractivity contribution in [1.29, 1.82) is 0 Å². The molecule has 0 atom stereocenters. The van der Waals surface area contributed by atoms with Gasteiger partial charge in [-0.05, 0) is 18.3 Å². The maximum Gasteiger partial charge on any atom is 0.0934 e. The second-order valence-electron chi connectivity index (χ2n) is 5.92. The lowest BCUT2D eigenvalue weighted by molar-refractivity contribution is 0.115. The molecule has 0 aromatic carbocycles. The highest BCUT2D eigenvalue weighted by molar-refractivity contribution is 7.09. The summed E-state index contributed by atoms with van der Waals surface area (Å²) in [5, 5.41) is 12.9. The van der Waals surface area contributed by atoms with E-state index in [0.717, 1.165) is 30.0 Å². The van der Waals surface area contributed by atoms with Gasteiger partial charge in [0.15, 0.2) is 0 Å². The third-order valence-electron chi connectivity index (χ3n) is 3.68. The quantitative estimate of drug-likeness (QED) is 0.868. The molecule has 0 unspecified atom stereocenters. The summed E-state index contributed by atoms with van der Waals surface area (Å²) >= 11 is 1.73. The molecular weight excluding hydrogens is 230 g/mol. The predicted octanol–water partition coefficient (Wildman–Crippen LogP) is 3.78. The average molecular weight is 255 g/mol. The Labute approximate surface area is 109 Å². The SMILES string of the molecule is CCC(CC)(CO)Cc1nc(C(C)(C)C)cs1. The molecule has 17 heavy (non-hydrogen) atoms. The highest BCUT2D eigenvalue weighted by Gasteiger charge is 2.28. The van der Waals surface area contributed by atoms with Crippen molar-refractivity contribution in [1.82, 2.24) is 4.98 Å². The number of thiazole rings is 1. The molecule has 0 bridgehead atoms. The van der Waals surface area contributed by atoms with Gasteiger partial charge in [0.1, 0.15) is 0 Å². The summed E-state index contributed by atoms with van der Waals surface area (Å²) in [6.45, 7) is 11.1. The monoisotopic (exact) mass is 255 g/mol. The topological polar surface area (TPSA) is 33.1 Å². The number of hydrogen-bond acceptors (Lipinski definition) is 3. The van der Waals surface area contributed by atoms with E-state index >= 15 is 0 Å². The first-order chi connectivity index (χ1) is 7.87. The fourth-order valence-electron chi connectivity index (χ4n) is 1.84. The van der Waals surface area contributed by atoms with Gasteiger partial charge in [-0.15, -0.1) is 11.3 Å². The van der Waals surface area contributed by atoms with E-state index in [4.69, 9.17) is 4.98 Å². The maximum atomic E-state index is 9.58. The van der Waals surface area contributed by atoms with Crippen molar-refractivity contribution in [3.63, 3.8) is 0 Å². The fraction of sp³-hybridized carbons (Fsp3) is 0.786. The van der Waals surface area contributed by atoms with E-state index in [1.165, 1.54) is 0 Å². The molecule has 0 aliphatic rings. The standard InChI is InChI=1S/C14H25NOS/c1-6-14(7-2,10-16)8-12-15-11(9-17-12)13(3,4)5/h9,16H,6-8,10H2,1-5H3. The Kier molecular flexibility index (Phi) is 4.73. The van der Waals surface area contributed by atoms with Gasteiger partial charge in [0.05, 0.1) is 10.7 Å². The van der Waals surface area contributed by atoms with E-state index < -0.39 is 0 Å². The molecule has 2 nitrogen and oxygen atoms in total. The summed E-state index contributed by atoms with van der Waals surface area (Å²) in [6.07, 6.45) is 2.91. The van der Waals surface area contributed by atoms with Crippen molar-refractivity contribution in [3.8, 4) is 0 Å². The van der Waals surface area contributed by atoms with Crippen LogP contribution in [0.4, 0.5) is 0 Å². The van der Waals surface area contributed by atoms with E-state index in [9.17, 15) is 5.11 Å². The van der Waals surface area contributed by atoms with E-state index in [0.29, 0.717) is 0 Å². The van der Waals surface area contributed by atoms with Crippen molar-refractivity contribution in [2.24, 2.45) is 5.41 Å². The second-order valence-corrected chi connectivity index (χ2v) is 6.86. The number of aliphatic hydroxyl groups excluding tert-OH is 1. The van der Waals surface area contributed by atoms with Gasteiger partial charge in [0.25, 0.3) is 0 Å². The molecule has 0 spiro atoms. The van der Waals surface area contributed by atoms with Crippen LogP contribution >= 0.6 is 11.3 Å². The van der Waals surface area contributed by atoms with Gasteiger partial charge in [0, 0.05) is 23.8 Å². The maximum absolute atomic E-state index is 9.58. The number of aliphatic hydroxyl groups is 1. The van der Waals surface area contributed by atoms with Gasteiger partial charge in [-0.1, -0.05) is 34.6 Å². The summed E-state index contributed by atoms with van der Waals surface area (Å²) < 4.78 is 0. The zero-order valence-electron chi connectivity index (χ0n) is 11.7. The molecule has 1 aromatic heterocycles. The highest BCUT2D eigenvalue weighted by Crippen LogP contribution is 2.33. The normalized spacial score (nSPS) is 13.1. The van der Waals surface area contributed by atoms with Gasteiger partial charge < -0.3 is 5.11 Å². The Morgan fingerprint density at radius 2 is 1.82 bits per heavy atom. The van der Waals surface area contributed by atoms with Gasteiger partial charge in [-0.2, -0.15) is 0 Å². The Hall–Kier alpha value is -0.410. The van der Waals surface area contributed by atoms with Crippen molar-refractivity contribution >= 4 is 11.3 Å². The number of rotatable bonds is 5. The van der Waals surface area contributed by atoms with Crippen molar-refractivity contribution in [2.45, 2.75) is 59.3 Å². The van der Waals surface area contributed by atoms with Crippen LogP contribution in [0.25, 0.3) is 0 Å². The minimum absolute atomic E-state index is 0.0208. The summed E-state index contributed by atoms with van der Waals surface area (Å²) in [5.74, 6) is 0. The van der Waals surface area contributed by atoms with Crippen LogP contribution in [0.2, 0.25) is 0 Å². The van der Waals surface area contributed by atoms with Crippen LogP contribution in [0.15, 0.2) is 5.38 Å². The number of aromatic nitrogens is 1. The van der Waals surface area contributed by atoms with Crippen molar-refractivity contribution in [2.75, 3.05) is 6.61 Å². The highest BCUT2D eigenvalue weighted by atomic mass is 32.1. The lowest BCUT2D eigenvalue weighted by Gasteiger charge is -2.28. The molecule has 0 amide bonds. The van der Waals surface area contributed by atoms with Gasteiger partial charge in [-0.25, -0.2) is 4.98 Å². The molecule has 1 N–H and O–H groups in total. The van der Waals surface area contributed by atoms with Crippen molar-refractivity contribution < 1.29 is 5.11 Å². The fourth-order valence-corrected chi connectivity index (χ4v) is 3.03. The zero-order valence-corrected chi connectivity index (χ0v) is 12.5. The van der Waals surface area contributed by atoms with Crippen LogP contribution in [-0.4, -0.2) is 16.7 Å². The Morgan fingerprint density at radius 3 is 2.18 bits per heavy atom. The first kappa shape index (κ1) is 14.7. The number of hydrogen-bond donors (Lipinski definition) is 1. The van der Waals surface area contributed by atoms with E-state index in [-0.39, 0.29) is 17.4 Å². The summed E-state index contributed by atoms with van der Waals surface area (Å²) in [5.41, 5.74) is 1.30. The third-order valence-corrected chi connectivity index (χ3v) is 4.53. The summed E-state index contributed by atoms with van der Waals surface area (Å²) in [7, 11) is 0. The average Bonchev–Trinajstić information content (AvgIpc) is 2.74. The van der Waals surface area contributed by atoms with E-state index in [1.54, 1.807) is 11.3 Å². The second kappa shape index (κ2) is 5.49.